The summed E-state index contributed by atoms with van der Waals surface area (Å²) in [5, 5.41) is 0.644. The highest BCUT2D eigenvalue weighted by molar-refractivity contribution is 5.80. The van der Waals surface area contributed by atoms with E-state index < -0.39 is 11.9 Å². The van der Waals surface area contributed by atoms with Crippen LogP contribution in [0.25, 0.3) is 10.9 Å². The predicted molar refractivity (Wildman–Crippen MR) is 49.3 cm³/mol. The predicted octanol–water partition coefficient (Wildman–Crippen LogP) is 2.96. The minimum absolute atomic E-state index is 0.317. The van der Waals surface area contributed by atoms with Crippen molar-refractivity contribution in [1.29, 1.82) is 0 Å². The van der Waals surface area contributed by atoms with Crippen molar-refractivity contribution in [3.63, 3.8) is 0 Å². The number of fused-ring (bicyclic) bond motifs is 1. The highest BCUT2D eigenvalue weighted by atomic mass is 19.4. The number of hydrogen-bond acceptors (Lipinski definition) is 2. The van der Waals surface area contributed by atoms with Crippen molar-refractivity contribution >= 4 is 10.9 Å². The van der Waals surface area contributed by atoms with E-state index in [1.807, 2.05) is 0 Å². The smallest absolute Gasteiger partial charge is 0.261 e. The minimum atomic E-state index is -4.40. The van der Waals surface area contributed by atoms with Gasteiger partial charge in [0.15, 0.2) is 0 Å². The second kappa shape index (κ2) is 3.18. The zero-order chi connectivity index (χ0) is 11.1. The molecule has 0 radical (unpaired) electrons. The lowest BCUT2D eigenvalue weighted by Gasteiger charge is -2.07. The summed E-state index contributed by atoms with van der Waals surface area (Å²) >= 11 is 0. The van der Waals surface area contributed by atoms with Crippen molar-refractivity contribution in [2.75, 3.05) is 0 Å². The fraction of sp³-hybridized carbons (Fsp3) is 0.200. The Labute approximate surface area is 83.8 Å². The number of nitrogens with zero attached hydrogens (tertiary/aromatic N) is 2. The number of halogens is 3. The fourth-order valence-corrected chi connectivity index (χ4v) is 1.35. The molecular formula is C10H7F3N2. The first kappa shape index (κ1) is 9.89. The Balaban J connectivity index is 2.68. The molecule has 78 valence electrons. The van der Waals surface area contributed by atoms with Crippen LogP contribution in [0.1, 0.15) is 11.4 Å². The van der Waals surface area contributed by atoms with Crippen LogP contribution in [0, 0.1) is 6.92 Å². The SMILES string of the molecule is Cc1nccc2nc(C(F)(F)F)ccc12. The van der Waals surface area contributed by atoms with Gasteiger partial charge in [-0.05, 0) is 25.1 Å². The average Bonchev–Trinajstić information content (AvgIpc) is 2.16. The van der Waals surface area contributed by atoms with Crippen molar-refractivity contribution < 1.29 is 13.2 Å². The van der Waals surface area contributed by atoms with E-state index in [-0.39, 0.29) is 0 Å². The van der Waals surface area contributed by atoms with Gasteiger partial charge in [0.2, 0.25) is 0 Å². The molecule has 15 heavy (non-hydrogen) atoms. The van der Waals surface area contributed by atoms with Crippen molar-refractivity contribution in [3.05, 3.63) is 35.8 Å². The summed E-state index contributed by atoms with van der Waals surface area (Å²) < 4.78 is 37.0. The van der Waals surface area contributed by atoms with Gasteiger partial charge < -0.3 is 0 Å². The van der Waals surface area contributed by atoms with Crippen LogP contribution < -0.4 is 0 Å². The van der Waals surface area contributed by atoms with Gasteiger partial charge in [0.25, 0.3) is 0 Å². The van der Waals surface area contributed by atoms with Crippen molar-refractivity contribution in [2.24, 2.45) is 0 Å². The molecule has 0 saturated heterocycles. The summed E-state index contributed by atoms with van der Waals surface area (Å²) in [5.74, 6) is 0. The molecule has 0 N–H and O–H groups in total. The van der Waals surface area contributed by atoms with E-state index in [9.17, 15) is 13.2 Å². The maximum absolute atomic E-state index is 12.3. The summed E-state index contributed by atoms with van der Waals surface area (Å²) in [4.78, 5) is 7.52. The van der Waals surface area contributed by atoms with E-state index in [1.165, 1.54) is 18.3 Å². The Morgan fingerprint density at radius 3 is 2.53 bits per heavy atom. The molecule has 2 aromatic heterocycles. The first-order valence-corrected chi connectivity index (χ1v) is 4.28. The zero-order valence-corrected chi connectivity index (χ0v) is 7.84. The van der Waals surface area contributed by atoms with Crippen molar-refractivity contribution in [2.45, 2.75) is 13.1 Å². The summed E-state index contributed by atoms with van der Waals surface area (Å²) in [7, 11) is 0. The van der Waals surface area contributed by atoms with Crippen LogP contribution in [0.4, 0.5) is 13.2 Å². The third-order valence-corrected chi connectivity index (χ3v) is 2.11. The third-order valence-electron chi connectivity index (χ3n) is 2.11. The molecular weight excluding hydrogens is 205 g/mol. The first-order valence-electron chi connectivity index (χ1n) is 4.28. The van der Waals surface area contributed by atoms with E-state index in [2.05, 4.69) is 9.97 Å². The van der Waals surface area contributed by atoms with Gasteiger partial charge in [0.05, 0.1) is 5.52 Å². The number of rotatable bonds is 0. The highest BCUT2D eigenvalue weighted by Crippen LogP contribution is 2.29. The number of pyridine rings is 2. The second-order valence-electron chi connectivity index (χ2n) is 3.16. The molecule has 2 nitrogen and oxygen atoms in total. The van der Waals surface area contributed by atoms with Gasteiger partial charge in [-0.2, -0.15) is 13.2 Å². The number of aromatic nitrogens is 2. The molecule has 0 fully saturated rings. The van der Waals surface area contributed by atoms with Gasteiger partial charge in [-0.15, -0.1) is 0 Å². The van der Waals surface area contributed by atoms with Crippen LogP contribution in [-0.2, 0) is 6.18 Å². The maximum atomic E-state index is 12.3. The molecule has 5 heteroatoms. The Bertz CT molecular complexity index is 505. The van der Waals surface area contributed by atoms with E-state index in [1.54, 1.807) is 6.92 Å². The zero-order valence-electron chi connectivity index (χ0n) is 7.84. The van der Waals surface area contributed by atoms with E-state index in [0.717, 1.165) is 6.07 Å². The Hall–Kier alpha value is -1.65. The lowest BCUT2D eigenvalue weighted by Crippen LogP contribution is -2.07. The van der Waals surface area contributed by atoms with Crippen LogP contribution in [-0.4, -0.2) is 9.97 Å². The molecule has 0 amide bonds. The quantitative estimate of drug-likeness (QED) is 0.670. The van der Waals surface area contributed by atoms with Gasteiger partial charge in [-0.3, -0.25) is 4.98 Å². The largest absolute Gasteiger partial charge is 0.433 e. The lowest BCUT2D eigenvalue weighted by molar-refractivity contribution is -0.140. The van der Waals surface area contributed by atoms with E-state index in [4.69, 9.17) is 0 Å². The van der Waals surface area contributed by atoms with E-state index >= 15 is 0 Å². The van der Waals surface area contributed by atoms with Crippen LogP contribution in [0.3, 0.4) is 0 Å². The number of alkyl halides is 3. The maximum Gasteiger partial charge on any atom is 0.433 e. The highest BCUT2D eigenvalue weighted by Gasteiger charge is 2.32. The van der Waals surface area contributed by atoms with Gasteiger partial charge in [0, 0.05) is 17.3 Å². The molecule has 0 aliphatic rings. The molecule has 0 spiro atoms. The normalized spacial score (nSPS) is 12.0. The van der Waals surface area contributed by atoms with E-state index in [0.29, 0.717) is 16.6 Å². The fourth-order valence-electron chi connectivity index (χ4n) is 1.35. The van der Waals surface area contributed by atoms with Gasteiger partial charge in [-0.25, -0.2) is 4.98 Å². The van der Waals surface area contributed by atoms with Crippen LogP contribution >= 0.6 is 0 Å². The molecule has 2 rings (SSSR count). The molecule has 0 aromatic carbocycles. The van der Waals surface area contributed by atoms with Crippen molar-refractivity contribution in [3.8, 4) is 0 Å². The molecule has 0 saturated carbocycles. The summed E-state index contributed by atoms with van der Waals surface area (Å²) in [6.45, 7) is 1.73. The van der Waals surface area contributed by atoms with Crippen LogP contribution in [0.2, 0.25) is 0 Å². The average molecular weight is 212 g/mol. The molecule has 2 aromatic rings. The third kappa shape index (κ3) is 1.77. The molecule has 0 aliphatic heterocycles. The topological polar surface area (TPSA) is 25.8 Å². The lowest BCUT2D eigenvalue weighted by atomic mass is 10.2. The minimum Gasteiger partial charge on any atom is -0.261 e. The molecule has 0 aliphatic carbocycles. The molecule has 0 bridgehead atoms. The summed E-state index contributed by atoms with van der Waals surface area (Å²) in [6.07, 6.45) is -2.95. The first-order chi connectivity index (χ1) is 6.98. The van der Waals surface area contributed by atoms with Crippen LogP contribution in [0.15, 0.2) is 24.4 Å². The summed E-state index contributed by atoms with van der Waals surface area (Å²) in [6, 6.07) is 3.84. The monoisotopic (exact) mass is 212 g/mol. The van der Waals surface area contributed by atoms with Gasteiger partial charge in [0.1, 0.15) is 5.69 Å². The van der Waals surface area contributed by atoms with Crippen molar-refractivity contribution in [1.82, 2.24) is 9.97 Å². The van der Waals surface area contributed by atoms with Crippen LogP contribution in [0.5, 0.6) is 0 Å². The molecule has 0 unspecified atom stereocenters. The Kier molecular flexibility index (Phi) is 2.10. The molecule has 2 heterocycles. The number of hydrogen-bond donors (Lipinski definition) is 0. The standard InChI is InChI=1S/C10H7F3N2/c1-6-7-2-3-9(10(11,12)13)15-8(7)4-5-14-6/h2-5H,1H3. The Morgan fingerprint density at radius 1 is 1.13 bits per heavy atom. The number of aryl methyl sites for hydroxylation is 1. The Morgan fingerprint density at radius 2 is 1.87 bits per heavy atom. The van der Waals surface area contributed by atoms with Gasteiger partial charge >= 0.3 is 6.18 Å². The summed E-state index contributed by atoms with van der Waals surface area (Å²) in [5.41, 5.74) is 0.117. The second-order valence-corrected chi connectivity index (χ2v) is 3.16. The molecule has 0 atom stereocenters. The van der Waals surface area contributed by atoms with Gasteiger partial charge in [-0.1, -0.05) is 0 Å².